The Morgan fingerprint density at radius 3 is 1.96 bits per heavy atom. The highest BCUT2D eigenvalue weighted by Gasteiger charge is 2.15. The number of rotatable bonds is 5. The Balaban J connectivity index is 2.38. The van der Waals surface area contributed by atoms with Crippen LogP contribution in [0.2, 0.25) is 0 Å². The van der Waals surface area contributed by atoms with Crippen LogP contribution in [0.4, 0.5) is 11.4 Å². The van der Waals surface area contributed by atoms with Crippen LogP contribution >= 0.6 is 0 Å². The summed E-state index contributed by atoms with van der Waals surface area (Å²) >= 11 is 0. The summed E-state index contributed by atoms with van der Waals surface area (Å²) in [6.45, 7) is 8.04. The van der Waals surface area contributed by atoms with E-state index in [4.69, 9.17) is 0 Å². The molecule has 0 aromatic heterocycles. The minimum atomic E-state index is -0.453. The summed E-state index contributed by atoms with van der Waals surface area (Å²) in [6.07, 6.45) is 0. The van der Waals surface area contributed by atoms with E-state index < -0.39 is 4.92 Å². The molecule has 0 radical (unpaired) electrons. The van der Waals surface area contributed by atoms with Crippen molar-refractivity contribution >= 4 is 17.2 Å². The molecule has 0 aliphatic rings. The molecule has 7 heteroatoms. The zero-order chi connectivity index (χ0) is 20.1. The molecule has 0 saturated heterocycles. The van der Waals surface area contributed by atoms with Gasteiger partial charge in [-0.15, -0.1) is 10.2 Å². The second kappa shape index (κ2) is 8.53. The van der Waals surface area contributed by atoms with Gasteiger partial charge in [0, 0.05) is 24.7 Å². The number of hydrogen-bond acceptors (Lipinski definition) is 5. The van der Waals surface area contributed by atoms with Crippen LogP contribution in [0.3, 0.4) is 0 Å². The van der Waals surface area contributed by atoms with Gasteiger partial charge in [0.1, 0.15) is 5.75 Å². The summed E-state index contributed by atoms with van der Waals surface area (Å²) < 4.78 is 0. The van der Waals surface area contributed by atoms with Crippen molar-refractivity contribution in [2.75, 3.05) is 7.05 Å². The van der Waals surface area contributed by atoms with E-state index in [-0.39, 0.29) is 17.5 Å². The van der Waals surface area contributed by atoms with Gasteiger partial charge in [0.05, 0.1) is 10.6 Å². The fourth-order valence-corrected chi connectivity index (χ4v) is 2.67. The summed E-state index contributed by atoms with van der Waals surface area (Å²) in [7, 11) is 1.59. The molecule has 0 amide bonds. The molecule has 1 N–H and O–H groups in total. The molecule has 0 saturated carbocycles. The van der Waals surface area contributed by atoms with Crippen LogP contribution in [-0.4, -0.2) is 22.9 Å². The standard InChI is InChI=1S/C20H24N4O3/c1-12(2)17-10-15(11-18(13(3)4)19(17)25)22-23-20(21-5)14-6-8-16(9-7-14)24(26)27/h6-13,25H,1-5H3. The Bertz CT molecular complexity index is 856. The highest BCUT2D eigenvalue weighted by atomic mass is 16.6. The molecular weight excluding hydrogens is 344 g/mol. The summed E-state index contributed by atoms with van der Waals surface area (Å²) in [5.41, 5.74) is 2.91. The SMILES string of the molecule is CN=C(N=Nc1cc(C(C)C)c(O)c(C(C)C)c1)c1ccc([N+](=O)[O-])cc1. The Hall–Kier alpha value is -3.09. The zero-order valence-electron chi connectivity index (χ0n) is 16.2. The number of nitro groups is 1. The lowest BCUT2D eigenvalue weighted by Crippen LogP contribution is -1.97. The predicted molar refractivity (Wildman–Crippen MR) is 106 cm³/mol. The van der Waals surface area contributed by atoms with Crippen molar-refractivity contribution in [3.63, 3.8) is 0 Å². The summed E-state index contributed by atoms with van der Waals surface area (Å²) in [4.78, 5) is 14.4. The van der Waals surface area contributed by atoms with Gasteiger partial charge in [-0.25, -0.2) is 0 Å². The van der Waals surface area contributed by atoms with Crippen molar-refractivity contribution in [3.8, 4) is 5.75 Å². The molecule has 2 rings (SSSR count). The summed E-state index contributed by atoms with van der Waals surface area (Å²) in [5, 5.41) is 29.8. The molecule has 0 bridgehead atoms. The van der Waals surface area contributed by atoms with Crippen LogP contribution in [0, 0.1) is 10.1 Å². The second-order valence-electron chi connectivity index (χ2n) is 6.83. The van der Waals surface area contributed by atoms with Gasteiger partial charge in [-0.05, 0) is 47.2 Å². The molecule has 0 aliphatic heterocycles. The van der Waals surface area contributed by atoms with Gasteiger partial charge < -0.3 is 5.11 Å². The van der Waals surface area contributed by atoms with Gasteiger partial charge in [-0.2, -0.15) is 0 Å². The van der Waals surface area contributed by atoms with Crippen molar-refractivity contribution in [3.05, 3.63) is 63.2 Å². The average Bonchev–Trinajstić information content (AvgIpc) is 2.63. The first-order valence-corrected chi connectivity index (χ1v) is 8.74. The van der Waals surface area contributed by atoms with Crippen LogP contribution in [0.5, 0.6) is 5.75 Å². The van der Waals surface area contributed by atoms with Crippen LogP contribution in [0.1, 0.15) is 56.2 Å². The number of hydrogen-bond donors (Lipinski definition) is 1. The van der Waals surface area contributed by atoms with Gasteiger partial charge in [0.2, 0.25) is 0 Å². The van der Waals surface area contributed by atoms with E-state index in [1.165, 1.54) is 12.1 Å². The summed E-state index contributed by atoms with van der Waals surface area (Å²) in [5.74, 6) is 0.965. The highest BCUT2D eigenvalue weighted by Crippen LogP contribution is 2.37. The van der Waals surface area contributed by atoms with Gasteiger partial charge in [-0.3, -0.25) is 15.1 Å². The van der Waals surface area contributed by atoms with Crippen molar-refractivity contribution in [1.82, 2.24) is 0 Å². The molecular formula is C20H24N4O3. The first-order chi connectivity index (χ1) is 12.7. The number of nitro benzene ring substituents is 1. The van der Waals surface area contributed by atoms with Crippen LogP contribution < -0.4 is 0 Å². The number of nitrogens with zero attached hydrogens (tertiary/aromatic N) is 4. The predicted octanol–water partition coefficient (Wildman–Crippen LogP) is 5.71. The topological polar surface area (TPSA) is 100 Å². The third kappa shape index (κ3) is 4.75. The molecule has 142 valence electrons. The fraction of sp³-hybridized carbons (Fsp3) is 0.350. The van der Waals surface area contributed by atoms with Gasteiger partial charge in [0.15, 0.2) is 5.84 Å². The number of azo groups is 1. The molecule has 2 aromatic rings. The number of phenols is 1. The van der Waals surface area contributed by atoms with Gasteiger partial charge >= 0.3 is 0 Å². The maximum absolute atomic E-state index is 10.8. The van der Waals surface area contributed by atoms with E-state index in [0.717, 1.165) is 11.1 Å². The Kier molecular flexibility index (Phi) is 6.39. The molecule has 27 heavy (non-hydrogen) atoms. The largest absolute Gasteiger partial charge is 0.507 e. The van der Waals surface area contributed by atoms with E-state index in [0.29, 0.717) is 22.8 Å². The lowest BCUT2D eigenvalue weighted by atomic mass is 9.93. The van der Waals surface area contributed by atoms with Crippen LogP contribution in [-0.2, 0) is 0 Å². The van der Waals surface area contributed by atoms with E-state index >= 15 is 0 Å². The minimum absolute atomic E-state index is 0.00725. The minimum Gasteiger partial charge on any atom is -0.507 e. The smallest absolute Gasteiger partial charge is 0.269 e. The average molecular weight is 368 g/mol. The monoisotopic (exact) mass is 368 g/mol. The van der Waals surface area contributed by atoms with E-state index in [2.05, 4.69) is 15.2 Å². The zero-order valence-corrected chi connectivity index (χ0v) is 16.2. The second-order valence-corrected chi connectivity index (χ2v) is 6.83. The molecule has 0 unspecified atom stereocenters. The Morgan fingerprint density at radius 1 is 1.04 bits per heavy atom. The van der Waals surface area contributed by atoms with Crippen molar-refractivity contribution in [2.45, 2.75) is 39.5 Å². The molecule has 0 atom stereocenters. The molecule has 7 nitrogen and oxygen atoms in total. The maximum Gasteiger partial charge on any atom is 0.269 e. The normalized spacial score (nSPS) is 12.3. The van der Waals surface area contributed by atoms with E-state index in [1.807, 2.05) is 39.8 Å². The number of benzene rings is 2. The number of amidine groups is 1. The Labute approximate surface area is 158 Å². The number of non-ortho nitro benzene ring substituents is 1. The molecule has 2 aromatic carbocycles. The van der Waals surface area contributed by atoms with Crippen LogP contribution in [0.15, 0.2) is 51.6 Å². The molecule has 0 aliphatic carbocycles. The quantitative estimate of drug-likeness (QED) is 0.240. The number of aliphatic imine (C=N–C) groups is 1. The first kappa shape index (κ1) is 20.2. The molecule has 0 heterocycles. The lowest BCUT2D eigenvalue weighted by molar-refractivity contribution is -0.384. The third-order valence-electron chi connectivity index (χ3n) is 4.21. The highest BCUT2D eigenvalue weighted by molar-refractivity contribution is 5.99. The lowest BCUT2D eigenvalue weighted by Gasteiger charge is -2.15. The third-order valence-corrected chi connectivity index (χ3v) is 4.21. The van der Waals surface area contributed by atoms with Crippen LogP contribution in [0.25, 0.3) is 0 Å². The van der Waals surface area contributed by atoms with Gasteiger partial charge in [-0.1, -0.05) is 27.7 Å². The van der Waals surface area contributed by atoms with Crippen molar-refractivity contribution in [2.24, 2.45) is 15.2 Å². The first-order valence-electron chi connectivity index (χ1n) is 8.74. The maximum atomic E-state index is 10.8. The Morgan fingerprint density at radius 2 is 1.56 bits per heavy atom. The summed E-state index contributed by atoms with van der Waals surface area (Å²) in [6, 6.07) is 9.64. The number of aromatic hydroxyl groups is 1. The molecule has 0 fully saturated rings. The van der Waals surface area contributed by atoms with E-state index in [1.54, 1.807) is 19.2 Å². The van der Waals surface area contributed by atoms with Crippen molar-refractivity contribution < 1.29 is 10.0 Å². The van der Waals surface area contributed by atoms with E-state index in [9.17, 15) is 15.2 Å². The fourth-order valence-electron chi connectivity index (χ4n) is 2.67. The van der Waals surface area contributed by atoms with Gasteiger partial charge in [0.25, 0.3) is 5.69 Å². The number of phenolic OH excluding ortho intramolecular Hbond substituents is 1. The molecule has 0 spiro atoms. The van der Waals surface area contributed by atoms with Crippen molar-refractivity contribution in [1.29, 1.82) is 0 Å².